The molecule has 2 N–H and O–H groups in total. The predicted molar refractivity (Wildman–Crippen MR) is 99.5 cm³/mol. The Morgan fingerprint density at radius 1 is 1.52 bits per heavy atom. The molecule has 1 aromatic rings. The minimum atomic E-state index is -0.0338. The molecule has 1 heterocycles. The van der Waals surface area contributed by atoms with Gasteiger partial charge in [-0.3, -0.25) is 4.79 Å². The maximum absolute atomic E-state index is 12.3. The molecule has 0 spiro atoms. The van der Waals surface area contributed by atoms with Gasteiger partial charge in [0.1, 0.15) is 5.75 Å². The lowest BCUT2D eigenvalue weighted by molar-refractivity contribution is -0.135. The van der Waals surface area contributed by atoms with Crippen molar-refractivity contribution in [3.63, 3.8) is 0 Å². The number of nitrogens with zero attached hydrogens (tertiary/aromatic N) is 1. The Morgan fingerprint density at radius 3 is 2.83 bits per heavy atom. The molecule has 1 aromatic carbocycles. The van der Waals surface area contributed by atoms with E-state index in [9.17, 15) is 4.79 Å². The number of halogens is 3. The van der Waals surface area contributed by atoms with Crippen LogP contribution in [0.5, 0.6) is 5.75 Å². The minimum absolute atomic E-state index is 0. The van der Waals surface area contributed by atoms with Crippen molar-refractivity contribution in [2.45, 2.75) is 32.7 Å². The average Bonchev–Trinajstić information content (AvgIpc) is 2.44. The third-order valence-electron chi connectivity index (χ3n) is 4.13. The van der Waals surface area contributed by atoms with E-state index in [1.807, 2.05) is 4.90 Å². The first-order valence-corrected chi connectivity index (χ1v) is 8.58. The quantitative estimate of drug-likeness (QED) is 0.796. The highest BCUT2D eigenvalue weighted by molar-refractivity contribution is 9.10. The molecule has 1 unspecified atom stereocenters. The van der Waals surface area contributed by atoms with E-state index in [2.05, 4.69) is 29.8 Å². The van der Waals surface area contributed by atoms with Gasteiger partial charge in [-0.15, -0.1) is 12.4 Å². The van der Waals surface area contributed by atoms with Gasteiger partial charge in [0.05, 0.1) is 17.5 Å². The second-order valence-corrected chi connectivity index (χ2v) is 7.66. The zero-order valence-electron chi connectivity index (χ0n) is 13.4. The lowest BCUT2D eigenvalue weighted by Crippen LogP contribution is -2.54. The zero-order valence-corrected chi connectivity index (χ0v) is 16.5. The minimum Gasteiger partial charge on any atom is -0.492 e. The van der Waals surface area contributed by atoms with Crippen LogP contribution in [0.3, 0.4) is 0 Å². The van der Waals surface area contributed by atoms with E-state index in [1.54, 1.807) is 18.2 Å². The van der Waals surface area contributed by atoms with Crippen molar-refractivity contribution in [1.82, 2.24) is 4.90 Å². The Bertz CT molecular complexity index is 555. The number of hydrogen-bond acceptors (Lipinski definition) is 3. The van der Waals surface area contributed by atoms with Gasteiger partial charge in [0.15, 0.2) is 0 Å². The fourth-order valence-electron chi connectivity index (χ4n) is 2.59. The number of rotatable bonds is 4. The van der Waals surface area contributed by atoms with Gasteiger partial charge in [-0.25, -0.2) is 0 Å². The molecule has 7 heteroatoms. The number of nitrogens with two attached hydrogens (primary N) is 1. The van der Waals surface area contributed by atoms with Crippen molar-refractivity contribution in [3.8, 4) is 5.75 Å². The molecule has 2 rings (SSSR count). The molecule has 130 valence electrons. The van der Waals surface area contributed by atoms with Crippen LogP contribution in [0, 0.1) is 5.41 Å². The number of amides is 1. The topological polar surface area (TPSA) is 55.6 Å². The highest BCUT2D eigenvalue weighted by Crippen LogP contribution is 2.29. The van der Waals surface area contributed by atoms with Crippen molar-refractivity contribution in [1.29, 1.82) is 0 Å². The van der Waals surface area contributed by atoms with Crippen molar-refractivity contribution in [2.24, 2.45) is 11.1 Å². The summed E-state index contributed by atoms with van der Waals surface area (Å²) >= 11 is 9.28. The van der Waals surface area contributed by atoms with Crippen LogP contribution in [0.4, 0.5) is 0 Å². The molecule has 1 aliphatic heterocycles. The molecule has 4 nitrogen and oxygen atoms in total. The number of likely N-dealkylation sites (tertiary alicyclic amines) is 1. The maximum Gasteiger partial charge on any atom is 0.226 e. The van der Waals surface area contributed by atoms with E-state index in [4.69, 9.17) is 22.1 Å². The molecular formula is C16H23BrCl2N2O2. The van der Waals surface area contributed by atoms with Crippen molar-refractivity contribution in [2.75, 3.05) is 19.7 Å². The third kappa shape index (κ3) is 5.52. The monoisotopic (exact) mass is 424 g/mol. The number of carbonyl (C=O) groups excluding carboxylic acids is 1. The van der Waals surface area contributed by atoms with Crippen LogP contribution in [0.2, 0.25) is 5.02 Å². The van der Waals surface area contributed by atoms with Crippen LogP contribution >= 0.6 is 39.9 Å². The van der Waals surface area contributed by atoms with Crippen LogP contribution in [0.15, 0.2) is 22.7 Å². The van der Waals surface area contributed by atoms with Gasteiger partial charge >= 0.3 is 0 Å². The highest BCUT2D eigenvalue weighted by Gasteiger charge is 2.35. The number of piperidine rings is 1. The van der Waals surface area contributed by atoms with Gasteiger partial charge < -0.3 is 15.4 Å². The summed E-state index contributed by atoms with van der Waals surface area (Å²) in [6.45, 7) is 6.00. The van der Waals surface area contributed by atoms with Crippen molar-refractivity contribution in [3.05, 3.63) is 27.7 Å². The molecule has 1 fully saturated rings. The lowest BCUT2D eigenvalue weighted by atomic mass is 9.79. The van der Waals surface area contributed by atoms with Crippen molar-refractivity contribution < 1.29 is 9.53 Å². The first-order chi connectivity index (χ1) is 10.3. The first kappa shape index (κ1) is 20.6. The van der Waals surface area contributed by atoms with Crippen molar-refractivity contribution >= 4 is 45.8 Å². The van der Waals surface area contributed by atoms with Gasteiger partial charge in [0, 0.05) is 24.2 Å². The summed E-state index contributed by atoms with van der Waals surface area (Å²) in [5, 5.41) is 0.641. The number of hydrogen-bond donors (Lipinski definition) is 1. The normalized spacial score (nSPS) is 19.9. The molecule has 0 aromatic heterocycles. The predicted octanol–water partition coefficient (Wildman–Crippen LogP) is 3.88. The Labute approximate surface area is 157 Å². The molecule has 0 aliphatic carbocycles. The Kier molecular flexibility index (Phi) is 7.65. The number of carbonyl (C=O) groups is 1. The number of benzene rings is 1. The fourth-order valence-corrected chi connectivity index (χ4v) is 3.38. The molecule has 0 saturated carbocycles. The van der Waals surface area contributed by atoms with Gasteiger partial charge in [-0.1, -0.05) is 25.4 Å². The largest absolute Gasteiger partial charge is 0.492 e. The Morgan fingerprint density at radius 2 is 2.22 bits per heavy atom. The summed E-state index contributed by atoms with van der Waals surface area (Å²) in [6, 6.07) is 5.48. The van der Waals surface area contributed by atoms with Gasteiger partial charge in [0.25, 0.3) is 0 Å². The molecule has 1 saturated heterocycles. The Balaban J connectivity index is 0.00000264. The summed E-state index contributed by atoms with van der Waals surface area (Å²) in [4.78, 5) is 14.2. The average molecular weight is 426 g/mol. The summed E-state index contributed by atoms with van der Waals surface area (Å²) in [5.41, 5.74) is 6.07. The molecule has 1 atom stereocenters. The molecular weight excluding hydrogens is 403 g/mol. The van der Waals surface area contributed by atoms with Crippen LogP contribution < -0.4 is 10.5 Å². The van der Waals surface area contributed by atoms with Crippen LogP contribution in [-0.4, -0.2) is 36.5 Å². The molecule has 1 amide bonds. The number of ether oxygens (including phenoxy) is 1. The van der Waals surface area contributed by atoms with E-state index in [1.165, 1.54) is 0 Å². The maximum atomic E-state index is 12.3. The summed E-state index contributed by atoms with van der Waals surface area (Å²) in [7, 11) is 0. The Hall–Kier alpha value is -0.490. The molecule has 0 radical (unpaired) electrons. The fraction of sp³-hybridized carbons (Fsp3) is 0.562. The van der Waals surface area contributed by atoms with Gasteiger partial charge in [-0.2, -0.15) is 0 Å². The standard InChI is InChI=1S/C16H22BrClN2O2.ClH/c1-16(2)10-20(7-5-14(16)19)15(21)6-8-22-13-4-3-11(18)9-12(13)17;/h3-4,9,14H,5-8,10,19H2,1-2H3;1H. The van der Waals surface area contributed by atoms with Gasteiger partial charge in [0.2, 0.25) is 5.91 Å². The highest BCUT2D eigenvalue weighted by atomic mass is 79.9. The van der Waals surface area contributed by atoms with E-state index < -0.39 is 0 Å². The van der Waals surface area contributed by atoms with E-state index in [-0.39, 0.29) is 29.8 Å². The second kappa shape index (κ2) is 8.56. The van der Waals surface area contributed by atoms with Crippen LogP contribution in [0.25, 0.3) is 0 Å². The smallest absolute Gasteiger partial charge is 0.226 e. The summed E-state index contributed by atoms with van der Waals surface area (Å²) in [6.07, 6.45) is 1.21. The summed E-state index contributed by atoms with van der Waals surface area (Å²) < 4.78 is 6.44. The first-order valence-electron chi connectivity index (χ1n) is 7.41. The second-order valence-electron chi connectivity index (χ2n) is 6.37. The third-order valence-corrected chi connectivity index (χ3v) is 4.99. The van der Waals surface area contributed by atoms with Gasteiger partial charge in [-0.05, 0) is 46.0 Å². The van der Waals surface area contributed by atoms with E-state index in [0.29, 0.717) is 30.3 Å². The van der Waals surface area contributed by atoms with E-state index in [0.717, 1.165) is 17.4 Å². The van der Waals surface area contributed by atoms with Crippen LogP contribution in [0.1, 0.15) is 26.7 Å². The molecule has 0 bridgehead atoms. The van der Waals surface area contributed by atoms with E-state index >= 15 is 0 Å². The zero-order chi connectivity index (χ0) is 16.3. The lowest BCUT2D eigenvalue weighted by Gasteiger charge is -2.42. The molecule has 1 aliphatic rings. The summed E-state index contributed by atoms with van der Waals surface area (Å²) in [5.74, 6) is 0.809. The van der Waals surface area contributed by atoms with Crippen LogP contribution in [-0.2, 0) is 4.79 Å². The SMILES string of the molecule is CC1(C)CN(C(=O)CCOc2ccc(Cl)cc2Br)CCC1N.Cl. The molecule has 23 heavy (non-hydrogen) atoms.